The average molecular weight is 417 g/mol. The molecule has 142 valence electrons. The number of hydrogen-bond donors (Lipinski definition) is 3. The van der Waals surface area contributed by atoms with E-state index in [2.05, 4.69) is 15.5 Å². The van der Waals surface area contributed by atoms with Crippen LogP contribution in [0.3, 0.4) is 0 Å². The van der Waals surface area contributed by atoms with Gasteiger partial charge in [0.05, 0.1) is 11.4 Å². The summed E-state index contributed by atoms with van der Waals surface area (Å²) in [5, 5.41) is 8.62. The molecule has 3 rings (SSSR count). The second kappa shape index (κ2) is 8.68. The number of halogens is 1. The van der Waals surface area contributed by atoms with E-state index >= 15 is 0 Å². The quantitative estimate of drug-likeness (QED) is 0.417. The van der Waals surface area contributed by atoms with E-state index in [0.29, 0.717) is 16.3 Å². The van der Waals surface area contributed by atoms with E-state index in [1.807, 2.05) is 4.98 Å². The number of amides is 1. The molecule has 3 aromatic rings. The summed E-state index contributed by atoms with van der Waals surface area (Å²) in [6, 6.07) is 13.2. The second-order valence-corrected chi connectivity index (χ2v) is 6.93. The Balaban J connectivity index is 1.76. The zero-order valence-corrected chi connectivity index (χ0v) is 15.8. The van der Waals surface area contributed by atoms with Crippen molar-refractivity contribution in [2.45, 2.75) is 5.03 Å². The molecule has 0 bridgehead atoms. The van der Waals surface area contributed by atoms with E-state index in [9.17, 15) is 19.2 Å². The van der Waals surface area contributed by atoms with Crippen molar-refractivity contribution in [3.8, 4) is 0 Å². The van der Waals surface area contributed by atoms with Crippen molar-refractivity contribution in [1.82, 2.24) is 15.2 Å². The Morgan fingerprint density at radius 1 is 1.11 bits per heavy atom. The van der Waals surface area contributed by atoms with Crippen LogP contribution in [0.4, 0.5) is 5.69 Å². The fourth-order valence-corrected chi connectivity index (χ4v) is 3.12. The number of H-pyrrole nitrogens is 2. The molecule has 0 atom stereocenters. The number of benzene rings is 2. The number of aromatic amines is 2. The van der Waals surface area contributed by atoms with E-state index in [0.717, 1.165) is 11.8 Å². The Hall–Kier alpha value is -3.17. The average Bonchev–Trinajstić information content (AvgIpc) is 2.69. The van der Waals surface area contributed by atoms with Gasteiger partial charge >= 0.3 is 5.69 Å². The fraction of sp³-hybridized carbons (Fsp3) is 0.0556. The van der Waals surface area contributed by atoms with Crippen LogP contribution in [-0.4, -0.2) is 32.6 Å². The molecule has 0 unspecified atom stereocenters. The van der Waals surface area contributed by atoms with Crippen molar-refractivity contribution >= 4 is 40.7 Å². The minimum atomic E-state index is -0.732. The van der Waals surface area contributed by atoms with Gasteiger partial charge in [0.2, 0.25) is 5.91 Å². The lowest BCUT2D eigenvalue weighted by molar-refractivity contribution is -0.113. The summed E-state index contributed by atoms with van der Waals surface area (Å²) in [7, 11) is 0. The van der Waals surface area contributed by atoms with Crippen LogP contribution >= 0.6 is 23.4 Å². The number of hydrogen-bond acceptors (Lipinski definition) is 6. The Morgan fingerprint density at radius 3 is 2.57 bits per heavy atom. The molecule has 0 radical (unpaired) electrons. The molecule has 28 heavy (non-hydrogen) atoms. The molecule has 0 spiro atoms. The van der Waals surface area contributed by atoms with Crippen LogP contribution in [0.5, 0.6) is 0 Å². The maximum Gasteiger partial charge on any atom is 0.342 e. The molecule has 2 aromatic carbocycles. The van der Waals surface area contributed by atoms with E-state index in [1.54, 1.807) is 36.4 Å². The molecule has 0 fully saturated rings. The van der Waals surface area contributed by atoms with Crippen molar-refractivity contribution in [2.75, 3.05) is 11.1 Å². The summed E-state index contributed by atoms with van der Waals surface area (Å²) in [5.41, 5.74) is -0.417. The number of anilines is 1. The van der Waals surface area contributed by atoms with E-state index in [-0.39, 0.29) is 22.1 Å². The third kappa shape index (κ3) is 4.76. The number of carbonyl (C=O) groups excluding carboxylic acids is 2. The van der Waals surface area contributed by atoms with Gasteiger partial charge in [-0.3, -0.25) is 19.4 Å². The van der Waals surface area contributed by atoms with Crippen molar-refractivity contribution in [3.05, 3.63) is 85.5 Å². The highest BCUT2D eigenvalue weighted by atomic mass is 35.5. The number of nitrogens with zero attached hydrogens (tertiary/aromatic N) is 1. The van der Waals surface area contributed by atoms with Gasteiger partial charge < -0.3 is 5.32 Å². The fourth-order valence-electron chi connectivity index (χ4n) is 2.31. The molecule has 0 saturated heterocycles. The Kier molecular flexibility index (Phi) is 6.07. The maximum atomic E-state index is 12.8. The number of aromatic nitrogens is 3. The van der Waals surface area contributed by atoms with Gasteiger partial charge in [-0.25, -0.2) is 9.89 Å². The third-order valence-corrected chi connectivity index (χ3v) is 4.75. The molecular formula is C18H13ClN4O4S. The first-order valence-corrected chi connectivity index (χ1v) is 9.31. The van der Waals surface area contributed by atoms with E-state index in [4.69, 9.17) is 11.6 Å². The van der Waals surface area contributed by atoms with Gasteiger partial charge in [0.25, 0.3) is 5.56 Å². The minimum absolute atomic E-state index is 0.0496. The Bertz CT molecular complexity index is 1140. The highest BCUT2D eigenvalue weighted by Crippen LogP contribution is 2.24. The van der Waals surface area contributed by atoms with Gasteiger partial charge in [0.15, 0.2) is 10.8 Å². The van der Waals surface area contributed by atoms with Crippen LogP contribution in [-0.2, 0) is 4.79 Å². The van der Waals surface area contributed by atoms with Crippen LogP contribution < -0.4 is 16.6 Å². The van der Waals surface area contributed by atoms with Gasteiger partial charge in [-0.15, -0.1) is 0 Å². The Morgan fingerprint density at radius 2 is 1.86 bits per heavy atom. The molecule has 0 saturated carbocycles. The minimum Gasteiger partial charge on any atom is -0.325 e. The van der Waals surface area contributed by atoms with Gasteiger partial charge in [0.1, 0.15) is 0 Å². The predicted octanol–water partition coefficient (Wildman–Crippen LogP) is 2.07. The predicted molar refractivity (Wildman–Crippen MR) is 106 cm³/mol. The summed E-state index contributed by atoms with van der Waals surface area (Å²) >= 11 is 6.86. The van der Waals surface area contributed by atoms with Crippen LogP contribution in [0.2, 0.25) is 5.02 Å². The summed E-state index contributed by atoms with van der Waals surface area (Å²) in [6.45, 7) is 0. The molecule has 0 aliphatic carbocycles. The number of ketones is 1. The topological polar surface area (TPSA) is 125 Å². The van der Waals surface area contributed by atoms with Crippen LogP contribution in [0.25, 0.3) is 0 Å². The number of carbonyl (C=O) groups is 2. The third-order valence-electron chi connectivity index (χ3n) is 3.56. The zero-order chi connectivity index (χ0) is 20.1. The lowest BCUT2D eigenvalue weighted by Crippen LogP contribution is -2.26. The molecule has 1 amide bonds. The molecule has 0 aliphatic heterocycles. The standard InChI is InChI=1S/C18H13ClN4O4S/c19-11-6-7-13(12(8-11)15(25)10-4-2-1-3-5-10)20-14(24)9-28-17-16(26)21-18(27)23-22-17/h1-8H,9H2,(H,20,24)(H2,21,23,26,27). The highest BCUT2D eigenvalue weighted by molar-refractivity contribution is 7.99. The highest BCUT2D eigenvalue weighted by Gasteiger charge is 2.16. The smallest absolute Gasteiger partial charge is 0.325 e. The van der Waals surface area contributed by atoms with Gasteiger partial charge in [0, 0.05) is 16.1 Å². The molecule has 0 aliphatic rings. The van der Waals surface area contributed by atoms with Crippen molar-refractivity contribution in [2.24, 2.45) is 0 Å². The van der Waals surface area contributed by atoms with Gasteiger partial charge in [-0.2, -0.15) is 5.10 Å². The molecule has 1 heterocycles. The number of rotatable bonds is 6. The monoisotopic (exact) mass is 416 g/mol. The first-order valence-electron chi connectivity index (χ1n) is 7.95. The maximum absolute atomic E-state index is 12.8. The van der Waals surface area contributed by atoms with Crippen LogP contribution in [0.1, 0.15) is 15.9 Å². The SMILES string of the molecule is O=C(CSc1n[nH]c(=O)[nH]c1=O)Nc1ccc(Cl)cc1C(=O)c1ccccc1. The Labute approximate surface area is 167 Å². The molecule has 8 nitrogen and oxygen atoms in total. The first-order chi connectivity index (χ1) is 13.4. The number of nitrogens with one attached hydrogen (secondary N) is 3. The van der Waals surface area contributed by atoms with Gasteiger partial charge in [-0.05, 0) is 18.2 Å². The molecule has 10 heteroatoms. The molecular weight excluding hydrogens is 404 g/mol. The molecule has 3 N–H and O–H groups in total. The summed E-state index contributed by atoms with van der Waals surface area (Å²) in [6.07, 6.45) is 0. The van der Waals surface area contributed by atoms with Crippen molar-refractivity contribution < 1.29 is 9.59 Å². The summed E-state index contributed by atoms with van der Waals surface area (Å²) < 4.78 is 0. The van der Waals surface area contributed by atoms with Crippen molar-refractivity contribution in [3.63, 3.8) is 0 Å². The number of thioether (sulfide) groups is 1. The molecule has 1 aromatic heterocycles. The second-order valence-electron chi connectivity index (χ2n) is 5.53. The lowest BCUT2D eigenvalue weighted by atomic mass is 10.0. The van der Waals surface area contributed by atoms with E-state index in [1.165, 1.54) is 12.1 Å². The lowest BCUT2D eigenvalue weighted by Gasteiger charge is -2.11. The van der Waals surface area contributed by atoms with E-state index < -0.39 is 17.2 Å². The zero-order valence-electron chi connectivity index (χ0n) is 14.2. The first kappa shape index (κ1) is 19.6. The summed E-state index contributed by atoms with van der Waals surface area (Å²) in [5.74, 6) is -0.893. The normalized spacial score (nSPS) is 10.5. The van der Waals surface area contributed by atoms with Crippen LogP contribution in [0, 0.1) is 0 Å². The van der Waals surface area contributed by atoms with Crippen LogP contribution in [0.15, 0.2) is 63.1 Å². The van der Waals surface area contributed by atoms with Gasteiger partial charge in [-0.1, -0.05) is 53.7 Å². The largest absolute Gasteiger partial charge is 0.342 e. The van der Waals surface area contributed by atoms with Crippen molar-refractivity contribution in [1.29, 1.82) is 0 Å². The summed E-state index contributed by atoms with van der Waals surface area (Å²) in [4.78, 5) is 49.6.